The van der Waals surface area contributed by atoms with Crippen LogP contribution >= 0.6 is 27.3 Å². The average molecular weight is 334 g/mol. The second-order valence-corrected chi connectivity index (χ2v) is 6.14. The average Bonchev–Trinajstić information content (AvgIpc) is 2.85. The molecule has 1 aromatic carbocycles. The Balaban J connectivity index is 1.87. The number of fused-ring (bicyclic) bond motifs is 1. The Bertz CT molecular complexity index is 756. The van der Waals surface area contributed by atoms with Crippen molar-refractivity contribution in [3.05, 3.63) is 51.4 Å². The summed E-state index contributed by atoms with van der Waals surface area (Å²) in [5.74, 6) is -0.134. The van der Waals surface area contributed by atoms with Crippen molar-refractivity contribution in [2.24, 2.45) is 0 Å². The van der Waals surface area contributed by atoms with Crippen LogP contribution in [-0.2, 0) is 0 Å². The van der Waals surface area contributed by atoms with Crippen LogP contribution in [0.4, 0.5) is 5.69 Å². The van der Waals surface area contributed by atoms with E-state index >= 15 is 0 Å². The van der Waals surface area contributed by atoms with Gasteiger partial charge in [-0.1, -0.05) is 0 Å². The van der Waals surface area contributed by atoms with Crippen molar-refractivity contribution in [3.8, 4) is 0 Å². The Kier molecular flexibility index (Phi) is 3.27. The molecule has 19 heavy (non-hydrogen) atoms. The molecule has 4 nitrogen and oxygen atoms in total. The summed E-state index contributed by atoms with van der Waals surface area (Å²) in [5, 5.41) is 4.65. The Morgan fingerprint density at radius 3 is 2.68 bits per heavy atom. The first-order chi connectivity index (χ1) is 9.22. The summed E-state index contributed by atoms with van der Waals surface area (Å²) < 4.78 is 0.932. The maximum Gasteiger partial charge on any atom is 0.256 e. The van der Waals surface area contributed by atoms with Gasteiger partial charge in [-0.3, -0.25) is 14.8 Å². The smallest absolute Gasteiger partial charge is 0.256 e. The van der Waals surface area contributed by atoms with Gasteiger partial charge in [-0.05, 0) is 40.2 Å². The van der Waals surface area contributed by atoms with Crippen LogP contribution in [0.5, 0.6) is 0 Å². The molecule has 0 aliphatic carbocycles. The maximum absolute atomic E-state index is 12.0. The van der Waals surface area contributed by atoms with Gasteiger partial charge in [-0.2, -0.15) is 0 Å². The number of anilines is 1. The van der Waals surface area contributed by atoms with Crippen molar-refractivity contribution >= 4 is 49.9 Å². The van der Waals surface area contributed by atoms with Gasteiger partial charge in [0.1, 0.15) is 0 Å². The van der Waals surface area contributed by atoms with Gasteiger partial charge in [0.25, 0.3) is 5.91 Å². The van der Waals surface area contributed by atoms with Crippen molar-refractivity contribution in [1.29, 1.82) is 0 Å². The minimum absolute atomic E-state index is 0.134. The second kappa shape index (κ2) is 5.07. The van der Waals surface area contributed by atoms with Crippen LogP contribution in [0.2, 0.25) is 0 Å². The molecular weight excluding hydrogens is 326 g/mol. The highest BCUT2D eigenvalue weighted by Gasteiger charge is 2.08. The van der Waals surface area contributed by atoms with Crippen LogP contribution in [0, 0.1) is 0 Å². The Morgan fingerprint density at radius 2 is 1.95 bits per heavy atom. The lowest BCUT2D eigenvalue weighted by Gasteiger charge is -2.04. The zero-order chi connectivity index (χ0) is 13.2. The molecular formula is C13H8BrN3OS. The summed E-state index contributed by atoms with van der Waals surface area (Å²) in [6, 6.07) is 7.25. The number of thiophene rings is 1. The normalized spacial score (nSPS) is 10.6. The van der Waals surface area contributed by atoms with Crippen LogP contribution in [0.15, 0.2) is 45.8 Å². The fourth-order valence-corrected chi connectivity index (χ4v) is 2.81. The quantitative estimate of drug-likeness (QED) is 0.777. The fourth-order valence-electron chi connectivity index (χ4n) is 1.67. The number of carbonyl (C=O) groups is 1. The number of rotatable bonds is 2. The molecule has 0 radical (unpaired) electrons. The fraction of sp³-hybridized carbons (Fsp3) is 0. The molecule has 6 heteroatoms. The van der Waals surface area contributed by atoms with E-state index in [4.69, 9.17) is 0 Å². The van der Waals surface area contributed by atoms with E-state index in [1.165, 1.54) is 11.3 Å². The second-order valence-electron chi connectivity index (χ2n) is 3.85. The molecule has 0 saturated heterocycles. The van der Waals surface area contributed by atoms with Crippen LogP contribution in [0.1, 0.15) is 10.4 Å². The first-order valence-electron chi connectivity index (χ1n) is 5.48. The molecule has 0 aliphatic heterocycles. The van der Waals surface area contributed by atoms with Crippen molar-refractivity contribution in [2.75, 3.05) is 5.32 Å². The minimum Gasteiger partial charge on any atom is -0.322 e. The van der Waals surface area contributed by atoms with E-state index < -0.39 is 0 Å². The summed E-state index contributed by atoms with van der Waals surface area (Å²) in [5.41, 5.74) is 2.90. The van der Waals surface area contributed by atoms with Gasteiger partial charge >= 0.3 is 0 Å². The van der Waals surface area contributed by atoms with Gasteiger partial charge in [0.2, 0.25) is 0 Å². The van der Waals surface area contributed by atoms with E-state index in [1.807, 2.05) is 18.2 Å². The molecule has 1 N–H and O–H groups in total. The van der Waals surface area contributed by atoms with Gasteiger partial charge in [0, 0.05) is 23.5 Å². The zero-order valence-corrected chi connectivity index (χ0v) is 12.0. The number of amides is 1. The molecule has 2 heterocycles. The summed E-state index contributed by atoms with van der Waals surface area (Å²) in [6.07, 6.45) is 3.27. The van der Waals surface area contributed by atoms with E-state index in [0.29, 0.717) is 11.3 Å². The molecule has 2 aromatic heterocycles. The Hall–Kier alpha value is -1.79. The number of hydrogen-bond acceptors (Lipinski definition) is 4. The molecule has 0 bridgehead atoms. The zero-order valence-electron chi connectivity index (χ0n) is 9.63. The highest BCUT2D eigenvalue weighted by atomic mass is 79.9. The van der Waals surface area contributed by atoms with E-state index in [2.05, 4.69) is 31.2 Å². The molecule has 3 aromatic rings. The summed E-state index contributed by atoms with van der Waals surface area (Å²) in [6.45, 7) is 0. The lowest BCUT2D eigenvalue weighted by atomic mass is 10.2. The molecule has 0 unspecified atom stereocenters. The van der Waals surface area contributed by atoms with Crippen LogP contribution in [0.25, 0.3) is 11.0 Å². The standard InChI is InChI=1S/C13H8BrN3OS/c14-12-5-8(7-19-12)13(18)17-9-1-2-10-11(6-9)16-4-3-15-10/h1-7H,(H,17,18). The van der Waals surface area contributed by atoms with Crippen LogP contribution in [0.3, 0.4) is 0 Å². The number of aromatic nitrogens is 2. The molecule has 0 saturated carbocycles. The Labute approximate surface area is 121 Å². The van der Waals surface area contributed by atoms with E-state index in [-0.39, 0.29) is 5.91 Å². The molecule has 0 aliphatic rings. The molecule has 0 fully saturated rings. The highest BCUT2D eigenvalue weighted by molar-refractivity contribution is 9.11. The number of halogens is 1. The van der Waals surface area contributed by atoms with Crippen molar-refractivity contribution in [1.82, 2.24) is 9.97 Å². The number of hydrogen-bond donors (Lipinski definition) is 1. The van der Waals surface area contributed by atoms with Crippen LogP contribution in [-0.4, -0.2) is 15.9 Å². The number of nitrogens with one attached hydrogen (secondary N) is 1. The highest BCUT2D eigenvalue weighted by Crippen LogP contribution is 2.22. The minimum atomic E-state index is -0.134. The summed E-state index contributed by atoms with van der Waals surface area (Å²) >= 11 is 4.82. The van der Waals surface area contributed by atoms with E-state index in [0.717, 1.165) is 14.8 Å². The number of carbonyl (C=O) groups excluding carboxylic acids is 1. The summed E-state index contributed by atoms with van der Waals surface area (Å²) in [4.78, 5) is 20.4. The molecule has 0 spiro atoms. The third-order valence-corrected chi connectivity index (χ3v) is 4.06. The largest absolute Gasteiger partial charge is 0.322 e. The lowest BCUT2D eigenvalue weighted by Crippen LogP contribution is -2.10. The SMILES string of the molecule is O=C(Nc1ccc2nccnc2c1)c1csc(Br)c1. The number of nitrogens with zero attached hydrogens (tertiary/aromatic N) is 2. The van der Waals surface area contributed by atoms with Crippen molar-refractivity contribution in [3.63, 3.8) is 0 Å². The van der Waals surface area contributed by atoms with Gasteiger partial charge in [0.15, 0.2) is 0 Å². The summed E-state index contributed by atoms with van der Waals surface area (Å²) in [7, 11) is 0. The van der Waals surface area contributed by atoms with Gasteiger partial charge in [0.05, 0.1) is 20.4 Å². The van der Waals surface area contributed by atoms with Gasteiger partial charge < -0.3 is 5.32 Å². The molecule has 0 atom stereocenters. The van der Waals surface area contributed by atoms with Gasteiger partial charge in [-0.25, -0.2) is 0 Å². The lowest BCUT2D eigenvalue weighted by molar-refractivity contribution is 0.102. The molecule has 94 valence electrons. The first-order valence-corrected chi connectivity index (χ1v) is 7.16. The van der Waals surface area contributed by atoms with Crippen molar-refractivity contribution in [2.45, 2.75) is 0 Å². The third-order valence-electron chi connectivity index (χ3n) is 2.56. The Morgan fingerprint density at radius 1 is 1.16 bits per heavy atom. The first kappa shape index (κ1) is 12.3. The predicted octanol–water partition coefficient (Wildman–Crippen LogP) is 3.71. The topological polar surface area (TPSA) is 54.9 Å². The monoisotopic (exact) mass is 333 g/mol. The number of benzene rings is 1. The van der Waals surface area contributed by atoms with Crippen LogP contribution < -0.4 is 5.32 Å². The predicted molar refractivity (Wildman–Crippen MR) is 79.5 cm³/mol. The molecule has 3 rings (SSSR count). The maximum atomic E-state index is 12.0. The third kappa shape index (κ3) is 2.64. The molecule has 1 amide bonds. The van der Waals surface area contributed by atoms with Crippen molar-refractivity contribution < 1.29 is 4.79 Å². The van der Waals surface area contributed by atoms with E-state index in [9.17, 15) is 4.79 Å². The van der Waals surface area contributed by atoms with Gasteiger partial charge in [-0.15, -0.1) is 11.3 Å². The van der Waals surface area contributed by atoms with E-state index in [1.54, 1.807) is 23.8 Å².